The summed E-state index contributed by atoms with van der Waals surface area (Å²) < 4.78 is 30.8. The van der Waals surface area contributed by atoms with Crippen molar-refractivity contribution >= 4 is 41.1 Å². The molecule has 2 bridgehead atoms. The number of amides is 3. The Kier molecular flexibility index (Phi) is 9.00. The number of carbonyl (C=O) groups is 3. The number of nitrogens with one attached hydrogen (secondary N) is 2. The zero-order valence-electron chi connectivity index (χ0n) is 24.0. The van der Waals surface area contributed by atoms with Crippen molar-refractivity contribution in [3.63, 3.8) is 0 Å². The van der Waals surface area contributed by atoms with Gasteiger partial charge in [0.1, 0.15) is 11.9 Å². The van der Waals surface area contributed by atoms with E-state index in [1.807, 2.05) is 19.1 Å². The van der Waals surface area contributed by atoms with Gasteiger partial charge in [0.05, 0.1) is 42.2 Å². The van der Waals surface area contributed by atoms with Crippen molar-refractivity contribution in [1.29, 1.82) is 0 Å². The second kappa shape index (κ2) is 12.9. The lowest BCUT2D eigenvalue weighted by Crippen LogP contribution is -2.42. The Bertz CT molecular complexity index is 1550. The Morgan fingerprint density at radius 3 is 2.70 bits per heavy atom. The zero-order valence-corrected chi connectivity index (χ0v) is 24.7. The first kappa shape index (κ1) is 30.1. The molecule has 0 saturated carbocycles. The highest BCUT2D eigenvalue weighted by atomic mass is 35.5. The second-order valence-corrected chi connectivity index (χ2v) is 10.9. The SMILES string of the molecule is COC(=O)Nc1ccc2c(c1)NC(=O)[C@H](C)CCCC(N1CCC(c3c(OC)ccc(Cl)c3F)OC1=O)c1ccnc-2c1. The van der Waals surface area contributed by atoms with Gasteiger partial charge < -0.3 is 24.4 Å². The molecule has 0 radical (unpaired) electrons. The van der Waals surface area contributed by atoms with E-state index in [0.29, 0.717) is 54.9 Å². The number of hydrogen-bond donors (Lipinski definition) is 2. The first-order chi connectivity index (χ1) is 20.7. The van der Waals surface area contributed by atoms with Crippen LogP contribution in [0.25, 0.3) is 11.3 Å². The lowest BCUT2D eigenvalue weighted by atomic mass is 9.93. The molecule has 3 atom stereocenters. The molecule has 3 amide bonds. The minimum atomic E-state index is -0.861. The molecule has 3 heterocycles. The third kappa shape index (κ3) is 6.36. The van der Waals surface area contributed by atoms with Gasteiger partial charge in [-0.2, -0.15) is 0 Å². The van der Waals surface area contributed by atoms with Gasteiger partial charge in [0.15, 0.2) is 5.82 Å². The molecular formula is C31H32ClFN4O6. The summed E-state index contributed by atoms with van der Waals surface area (Å²) >= 11 is 6.03. The third-order valence-corrected chi connectivity index (χ3v) is 8.13. The predicted molar refractivity (Wildman–Crippen MR) is 159 cm³/mol. The molecule has 226 valence electrons. The van der Waals surface area contributed by atoms with E-state index in [0.717, 1.165) is 5.56 Å². The number of carbonyl (C=O) groups excluding carboxylic acids is 3. The average molecular weight is 611 g/mol. The molecule has 1 fully saturated rings. The van der Waals surface area contributed by atoms with E-state index in [1.54, 1.807) is 35.4 Å². The first-order valence-electron chi connectivity index (χ1n) is 14.0. The smallest absolute Gasteiger partial charge is 0.411 e. The Hall–Kier alpha value is -4.38. The molecule has 3 aromatic rings. The van der Waals surface area contributed by atoms with Gasteiger partial charge in [-0.25, -0.2) is 14.0 Å². The van der Waals surface area contributed by atoms with Gasteiger partial charge in [0.25, 0.3) is 0 Å². The van der Waals surface area contributed by atoms with E-state index in [-0.39, 0.29) is 34.2 Å². The van der Waals surface area contributed by atoms with Crippen molar-refractivity contribution in [2.45, 2.75) is 44.8 Å². The number of cyclic esters (lactones) is 1. The van der Waals surface area contributed by atoms with Crippen LogP contribution in [0.15, 0.2) is 48.7 Å². The minimum absolute atomic E-state index is 0.0791. The summed E-state index contributed by atoms with van der Waals surface area (Å²) in [4.78, 5) is 44.6. The van der Waals surface area contributed by atoms with E-state index in [1.165, 1.54) is 20.3 Å². The molecule has 2 aliphatic heterocycles. The normalized spacial score (nSPS) is 20.5. The maximum Gasteiger partial charge on any atom is 0.411 e. The van der Waals surface area contributed by atoms with Gasteiger partial charge in [0, 0.05) is 36.3 Å². The maximum atomic E-state index is 15.0. The average Bonchev–Trinajstić information content (AvgIpc) is 3.00. The topological polar surface area (TPSA) is 119 Å². The molecule has 5 rings (SSSR count). The molecule has 12 heteroatoms. The fourth-order valence-corrected chi connectivity index (χ4v) is 5.70. The number of benzene rings is 2. The summed E-state index contributed by atoms with van der Waals surface area (Å²) in [6.07, 6.45) is 1.70. The predicted octanol–water partition coefficient (Wildman–Crippen LogP) is 7.11. The van der Waals surface area contributed by atoms with Crippen LogP contribution in [0.2, 0.25) is 5.02 Å². The Morgan fingerprint density at radius 1 is 1.14 bits per heavy atom. The fraction of sp³-hybridized carbons (Fsp3) is 0.355. The van der Waals surface area contributed by atoms with Gasteiger partial charge >= 0.3 is 12.2 Å². The monoisotopic (exact) mass is 610 g/mol. The van der Waals surface area contributed by atoms with Gasteiger partial charge in [-0.3, -0.25) is 15.1 Å². The molecule has 1 saturated heterocycles. The van der Waals surface area contributed by atoms with Crippen LogP contribution >= 0.6 is 11.6 Å². The van der Waals surface area contributed by atoms with E-state index < -0.39 is 24.1 Å². The Balaban J connectivity index is 1.48. The maximum absolute atomic E-state index is 15.0. The molecule has 2 aromatic carbocycles. The third-order valence-electron chi connectivity index (χ3n) is 7.84. The highest BCUT2D eigenvalue weighted by molar-refractivity contribution is 6.30. The molecule has 2 aliphatic rings. The molecule has 43 heavy (non-hydrogen) atoms. The van der Waals surface area contributed by atoms with Crippen LogP contribution < -0.4 is 15.4 Å². The number of rotatable bonds is 4. The molecule has 0 spiro atoms. The van der Waals surface area contributed by atoms with Gasteiger partial charge in [-0.05, 0) is 60.9 Å². The van der Waals surface area contributed by atoms with Gasteiger partial charge in [-0.1, -0.05) is 24.9 Å². The summed E-state index contributed by atoms with van der Waals surface area (Å²) in [5.41, 5.74) is 3.09. The van der Waals surface area contributed by atoms with Crippen LogP contribution in [0.4, 0.5) is 25.4 Å². The van der Waals surface area contributed by atoms with E-state index in [2.05, 4.69) is 15.6 Å². The van der Waals surface area contributed by atoms with Crippen molar-refractivity contribution in [1.82, 2.24) is 9.88 Å². The van der Waals surface area contributed by atoms with Crippen molar-refractivity contribution < 1.29 is 33.0 Å². The fourth-order valence-electron chi connectivity index (χ4n) is 5.53. The summed E-state index contributed by atoms with van der Waals surface area (Å²) in [5, 5.41) is 5.52. The van der Waals surface area contributed by atoms with Crippen molar-refractivity contribution in [2.75, 3.05) is 31.4 Å². The molecule has 1 aromatic heterocycles. The van der Waals surface area contributed by atoms with E-state index >= 15 is 4.39 Å². The van der Waals surface area contributed by atoms with Crippen molar-refractivity contribution in [3.8, 4) is 17.0 Å². The van der Waals surface area contributed by atoms with Gasteiger partial charge in [0.2, 0.25) is 5.91 Å². The van der Waals surface area contributed by atoms with Crippen molar-refractivity contribution in [3.05, 3.63) is 70.6 Å². The highest BCUT2D eigenvalue weighted by Gasteiger charge is 2.37. The molecular weight excluding hydrogens is 579 g/mol. The van der Waals surface area contributed by atoms with E-state index in [4.69, 9.17) is 25.8 Å². The molecule has 0 aliphatic carbocycles. The summed E-state index contributed by atoms with van der Waals surface area (Å²) in [7, 11) is 2.69. The van der Waals surface area contributed by atoms with Crippen LogP contribution in [-0.2, 0) is 14.3 Å². The number of anilines is 2. The number of pyridine rings is 1. The second-order valence-electron chi connectivity index (χ2n) is 10.5. The number of halogens is 2. The number of ether oxygens (including phenoxy) is 3. The number of hydrogen-bond acceptors (Lipinski definition) is 7. The molecule has 10 nitrogen and oxygen atoms in total. The lowest BCUT2D eigenvalue weighted by Gasteiger charge is -2.38. The minimum Gasteiger partial charge on any atom is -0.496 e. The highest BCUT2D eigenvalue weighted by Crippen LogP contribution is 2.41. The molecule has 2 unspecified atom stereocenters. The number of aromatic nitrogens is 1. The summed E-state index contributed by atoms with van der Waals surface area (Å²) in [6.45, 7) is 2.15. The molecule has 2 N–H and O–H groups in total. The largest absolute Gasteiger partial charge is 0.496 e. The van der Waals surface area contributed by atoms with Crippen LogP contribution in [0.3, 0.4) is 0 Å². The van der Waals surface area contributed by atoms with Crippen molar-refractivity contribution in [2.24, 2.45) is 5.92 Å². The number of methoxy groups -OCH3 is 2. The summed E-state index contributed by atoms with van der Waals surface area (Å²) in [6, 6.07) is 11.4. The number of fused-ring (bicyclic) bond motifs is 4. The van der Waals surface area contributed by atoms with Crippen LogP contribution in [0.5, 0.6) is 5.75 Å². The van der Waals surface area contributed by atoms with Crippen LogP contribution in [-0.4, -0.2) is 48.7 Å². The summed E-state index contributed by atoms with van der Waals surface area (Å²) in [5.74, 6) is -0.920. The first-order valence-corrected chi connectivity index (χ1v) is 14.3. The quantitative estimate of drug-likeness (QED) is 0.323. The Morgan fingerprint density at radius 2 is 1.95 bits per heavy atom. The van der Waals surface area contributed by atoms with Gasteiger partial charge in [-0.15, -0.1) is 0 Å². The Labute approximate surface area is 253 Å². The van der Waals surface area contributed by atoms with E-state index in [9.17, 15) is 14.4 Å². The lowest BCUT2D eigenvalue weighted by molar-refractivity contribution is -0.119. The zero-order chi connectivity index (χ0) is 30.7. The van der Waals surface area contributed by atoms with Crippen LogP contribution in [0.1, 0.15) is 55.9 Å². The van der Waals surface area contributed by atoms with Crippen LogP contribution in [0, 0.1) is 11.7 Å². The number of nitrogens with zero attached hydrogens (tertiary/aromatic N) is 2. The standard InChI is InChI=1S/C31H32ClFN4O6/c1-17-5-4-6-24(37-14-12-26(43-31(37)40)27-25(41-2)10-9-21(32)28(27)33)18-11-13-34-22(15-18)20-8-7-19(35-30(39)42-3)16-23(20)36-29(17)38/h7-11,13,15-17,24,26H,4-6,12,14H2,1-3H3,(H,35,39)(H,36,38)/t17-,24?,26?/m1/s1.